The van der Waals surface area contributed by atoms with Gasteiger partial charge in [-0.1, -0.05) is 18.2 Å². The second kappa shape index (κ2) is 5.01. The molecule has 0 aromatic heterocycles. The van der Waals surface area contributed by atoms with Gasteiger partial charge >= 0.3 is 5.97 Å². The number of para-hydroxylation sites is 1. The number of carbonyl (C=O) groups is 1. The number of fused-ring (bicyclic) bond motifs is 1. The summed E-state index contributed by atoms with van der Waals surface area (Å²) in [4.78, 5) is 10.4. The SMILES string of the molecule is O=C(O)CCCc1cccc2c1OCCC2. The van der Waals surface area contributed by atoms with Crippen LogP contribution in [0.25, 0.3) is 0 Å². The van der Waals surface area contributed by atoms with E-state index in [-0.39, 0.29) is 6.42 Å². The lowest BCUT2D eigenvalue weighted by Crippen LogP contribution is -2.10. The molecule has 1 aliphatic rings. The third-order valence-corrected chi connectivity index (χ3v) is 2.85. The van der Waals surface area contributed by atoms with Gasteiger partial charge in [0, 0.05) is 6.42 Å². The summed E-state index contributed by atoms with van der Waals surface area (Å²) in [5.74, 6) is 0.268. The van der Waals surface area contributed by atoms with Gasteiger partial charge in [0.25, 0.3) is 0 Å². The van der Waals surface area contributed by atoms with E-state index in [0.29, 0.717) is 6.42 Å². The first-order valence-corrected chi connectivity index (χ1v) is 5.73. The smallest absolute Gasteiger partial charge is 0.303 e. The lowest BCUT2D eigenvalue weighted by Gasteiger charge is -2.20. The largest absolute Gasteiger partial charge is 0.493 e. The van der Waals surface area contributed by atoms with Crippen LogP contribution in [0.4, 0.5) is 0 Å². The van der Waals surface area contributed by atoms with E-state index in [1.807, 2.05) is 12.1 Å². The minimum Gasteiger partial charge on any atom is -0.493 e. The zero-order valence-corrected chi connectivity index (χ0v) is 9.24. The second-order valence-electron chi connectivity index (χ2n) is 4.10. The summed E-state index contributed by atoms with van der Waals surface area (Å²) in [6, 6.07) is 6.16. The highest BCUT2D eigenvalue weighted by Gasteiger charge is 2.13. The summed E-state index contributed by atoms with van der Waals surface area (Å²) >= 11 is 0. The summed E-state index contributed by atoms with van der Waals surface area (Å²) < 4.78 is 5.66. The summed E-state index contributed by atoms with van der Waals surface area (Å²) in [7, 11) is 0. The van der Waals surface area contributed by atoms with Crippen molar-refractivity contribution in [1.29, 1.82) is 0 Å². The molecule has 0 radical (unpaired) electrons. The van der Waals surface area contributed by atoms with E-state index in [1.165, 1.54) is 5.56 Å². The number of benzene rings is 1. The molecule has 0 amide bonds. The molecule has 0 saturated carbocycles. The van der Waals surface area contributed by atoms with Gasteiger partial charge in [-0.15, -0.1) is 0 Å². The Labute approximate surface area is 95.0 Å². The van der Waals surface area contributed by atoms with Crippen molar-refractivity contribution in [3.05, 3.63) is 29.3 Å². The average Bonchev–Trinajstić information content (AvgIpc) is 2.29. The number of hydrogen-bond acceptors (Lipinski definition) is 2. The average molecular weight is 220 g/mol. The standard InChI is InChI=1S/C13H16O3/c14-12(15)8-2-6-10-4-1-5-11-7-3-9-16-13(10)11/h1,4-5H,2-3,6-9H2,(H,14,15). The monoisotopic (exact) mass is 220 g/mol. The maximum absolute atomic E-state index is 10.4. The van der Waals surface area contributed by atoms with Crippen molar-refractivity contribution < 1.29 is 14.6 Å². The molecule has 1 heterocycles. The number of ether oxygens (including phenoxy) is 1. The molecule has 1 aliphatic heterocycles. The summed E-state index contributed by atoms with van der Waals surface area (Å²) in [6.45, 7) is 0.781. The fourth-order valence-electron chi connectivity index (χ4n) is 2.08. The van der Waals surface area contributed by atoms with Crippen molar-refractivity contribution in [2.75, 3.05) is 6.61 Å². The minimum atomic E-state index is -0.731. The Hall–Kier alpha value is -1.51. The van der Waals surface area contributed by atoms with Crippen LogP contribution in [0.3, 0.4) is 0 Å². The topological polar surface area (TPSA) is 46.5 Å². The summed E-state index contributed by atoms with van der Waals surface area (Å²) in [5, 5.41) is 8.60. The molecule has 1 N–H and O–H groups in total. The zero-order chi connectivity index (χ0) is 11.4. The molecular weight excluding hydrogens is 204 g/mol. The Kier molecular flexibility index (Phi) is 3.44. The molecule has 0 fully saturated rings. The highest BCUT2D eigenvalue weighted by Crippen LogP contribution is 2.29. The van der Waals surface area contributed by atoms with E-state index in [9.17, 15) is 4.79 Å². The molecule has 3 heteroatoms. The van der Waals surface area contributed by atoms with Crippen molar-refractivity contribution in [3.8, 4) is 5.75 Å². The van der Waals surface area contributed by atoms with E-state index < -0.39 is 5.97 Å². The van der Waals surface area contributed by atoms with Crippen molar-refractivity contribution in [1.82, 2.24) is 0 Å². The number of carboxylic acid groups (broad SMARTS) is 1. The van der Waals surface area contributed by atoms with E-state index >= 15 is 0 Å². The third kappa shape index (κ3) is 2.54. The van der Waals surface area contributed by atoms with Crippen LogP contribution in [0.1, 0.15) is 30.4 Å². The number of aryl methyl sites for hydroxylation is 2. The molecule has 86 valence electrons. The Morgan fingerprint density at radius 2 is 2.31 bits per heavy atom. The Balaban J connectivity index is 2.05. The molecule has 0 atom stereocenters. The van der Waals surface area contributed by atoms with E-state index in [2.05, 4.69) is 6.07 Å². The van der Waals surface area contributed by atoms with Gasteiger partial charge in [0.1, 0.15) is 5.75 Å². The first-order valence-electron chi connectivity index (χ1n) is 5.73. The highest BCUT2D eigenvalue weighted by atomic mass is 16.5. The molecule has 1 aromatic carbocycles. The number of aliphatic carboxylic acids is 1. The lowest BCUT2D eigenvalue weighted by atomic mass is 9.99. The van der Waals surface area contributed by atoms with Gasteiger partial charge in [0.15, 0.2) is 0 Å². The molecule has 0 saturated heterocycles. The molecule has 3 nitrogen and oxygen atoms in total. The lowest BCUT2D eigenvalue weighted by molar-refractivity contribution is -0.137. The predicted molar refractivity (Wildman–Crippen MR) is 60.8 cm³/mol. The number of carboxylic acids is 1. The van der Waals surface area contributed by atoms with E-state index in [4.69, 9.17) is 9.84 Å². The minimum absolute atomic E-state index is 0.226. The Morgan fingerprint density at radius 1 is 1.44 bits per heavy atom. The van der Waals surface area contributed by atoms with Crippen LogP contribution in [0.2, 0.25) is 0 Å². The zero-order valence-electron chi connectivity index (χ0n) is 9.24. The highest BCUT2D eigenvalue weighted by molar-refractivity contribution is 5.66. The van der Waals surface area contributed by atoms with Crippen LogP contribution in [0, 0.1) is 0 Å². The molecule has 0 bridgehead atoms. The maximum Gasteiger partial charge on any atom is 0.303 e. The van der Waals surface area contributed by atoms with Crippen LogP contribution in [0.15, 0.2) is 18.2 Å². The maximum atomic E-state index is 10.4. The van der Waals surface area contributed by atoms with Crippen molar-refractivity contribution >= 4 is 5.97 Å². The fraction of sp³-hybridized carbons (Fsp3) is 0.462. The predicted octanol–water partition coefficient (Wildman–Crippen LogP) is 2.42. The Morgan fingerprint density at radius 3 is 3.12 bits per heavy atom. The van der Waals surface area contributed by atoms with Gasteiger partial charge < -0.3 is 9.84 Å². The van der Waals surface area contributed by atoms with Crippen molar-refractivity contribution in [2.24, 2.45) is 0 Å². The molecule has 1 aromatic rings. The first-order chi connectivity index (χ1) is 7.77. The van der Waals surface area contributed by atoms with Gasteiger partial charge in [-0.25, -0.2) is 0 Å². The third-order valence-electron chi connectivity index (χ3n) is 2.85. The normalized spacial score (nSPS) is 14.0. The van der Waals surface area contributed by atoms with Gasteiger partial charge in [-0.3, -0.25) is 4.79 Å². The van der Waals surface area contributed by atoms with E-state index in [1.54, 1.807) is 0 Å². The van der Waals surface area contributed by atoms with Crippen LogP contribution in [-0.4, -0.2) is 17.7 Å². The molecule has 16 heavy (non-hydrogen) atoms. The van der Waals surface area contributed by atoms with Crippen LogP contribution < -0.4 is 4.74 Å². The molecule has 0 aliphatic carbocycles. The van der Waals surface area contributed by atoms with E-state index in [0.717, 1.165) is 37.2 Å². The molecule has 2 rings (SSSR count). The Bertz CT molecular complexity index is 385. The van der Waals surface area contributed by atoms with Crippen LogP contribution >= 0.6 is 0 Å². The van der Waals surface area contributed by atoms with Crippen molar-refractivity contribution in [3.63, 3.8) is 0 Å². The van der Waals surface area contributed by atoms with Crippen molar-refractivity contribution in [2.45, 2.75) is 32.1 Å². The quantitative estimate of drug-likeness (QED) is 0.847. The van der Waals surface area contributed by atoms with Gasteiger partial charge in [0.05, 0.1) is 6.61 Å². The molecular formula is C13H16O3. The van der Waals surface area contributed by atoms with Gasteiger partial charge in [0.2, 0.25) is 0 Å². The molecule has 0 unspecified atom stereocenters. The van der Waals surface area contributed by atoms with Crippen LogP contribution in [-0.2, 0) is 17.6 Å². The summed E-state index contributed by atoms with van der Waals surface area (Å²) in [6.07, 6.45) is 3.84. The number of rotatable bonds is 4. The first kappa shape index (κ1) is 11.0. The molecule has 0 spiro atoms. The van der Waals surface area contributed by atoms with Crippen LogP contribution in [0.5, 0.6) is 5.75 Å². The van der Waals surface area contributed by atoms with Gasteiger partial charge in [-0.2, -0.15) is 0 Å². The fourth-order valence-corrected chi connectivity index (χ4v) is 2.08. The second-order valence-corrected chi connectivity index (χ2v) is 4.10. The van der Waals surface area contributed by atoms with Gasteiger partial charge in [-0.05, 0) is 36.8 Å². The summed E-state index contributed by atoms with van der Waals surface area (Å²) in [5.41, 5.74) is 2.41. The number of hydrogen-bond donors (Lipinski definition) is 1.